The lowest BCUT2D eigenvalue weighted by molar-refractivity contribution is -0.145. The van der Waals surface area contributed by atoms with Crippen LogP contribution in [0.4, 0.5) is 5.69 Å². The van der Waals surface area contributed by atoms with Gasteiger partial charge >= 0.3 is 5.97 Å². The summed E-state index contributed by atoms with van der Waals surface area (Å²) >= 11 is 0. The largest absolute Gasteiger partial charge is 0.508 e. The molecule has 2 aliphatic carbocycles. The lowest BCUT2D eigenvalue weighted by Gasteiger charge is -2.23. The number of phenols is 1. The molecule has 1 amide bonds. The zero-order chi connectivity index (χ0) is 13.9. The second-order valence-electron chi connectivity index (χ2n) is 5.96. The van der Waals surface area contributed by atoms with Gasteiger partial charge in [-0.3, -0.25) is 9.59 Å². The molecule has 1 aliphatic heterocycles. The smallest absolute Gasteiger partial charge is 0.310 e. The van der Waals surface area contributed by atoms with Crippen molar-refractivity contribution in [1.29, 1.82) is 0 Å². The number of hydrogen-bond acceptors (Lipinski definition) is 4. The Morgan fingerprint density at radius 3 is 2.75 bits per heavy atom. The average Bonchev–Trinajstić information content (AvgIpc) is 3.02. The highest BCUT2D eigenvalue weighted by Crippen LogP contribution is 2.57. The monoisotopic (exact) mass is 273 g/mol. The number of ether oxygens (including phenoxy) is 1. The van der Waals surface area contributed by atoms with Gasteiger partial charge in [0, 0.05) is 11.6 Å². The number of benzene rings is 1. The third-order valence-electron chi connectivity index (χ3n) is 4.92. The van der Waals surface area contributed by atoms with Crippen LogP contribution in [-0.4, -0.2) is 23.1 Å². The first-order valence-corrected chi connectivity index (χ1v) is 6.94. The molecule has 0 spiro atoms. The number of esters is 1. The number of rotatable bonds is 2. The fourth-order valence-electron chi connectivity index (χ4n) is 4.13. The Bertz CT molecular complexity index is 580. The summed E-state index contributed by atoms with van der Waals surface area (Å²) in [5.41, 5.74) is 0.637. The Balaban J connectivity index is 1.54. The molecule has 2 saturated carbocycles. The molecule has 1 aromatic carbocycles. The molecule has 1 saturated heterocycles. The molecule has 1 heterocycles. The van der Waals surface area contributed by atoms with E-state index < -0.39 is 0 Å². The van der Waals surface area contributed by atoms with Crippen molar-refractivity contribution in [3.63, 3.8) is 0 Å². The van der Waals surface area contributed by atoms with Crippen molar-refractivity contribution in [3.8, 4) is 5.75 Å². The second-order valence-corrected chi connectivity index (χ2v) is 5.96. The predicted molar refractivity (Wildman–Crippen MR) is 69.8 cm³/mol. The van der Waals surface area contributed by atoms with Crippen molar-refractivity contribution < 1.29 is 19.4 Å². The van der Waals surface area contributed by atoms with E-state index in [4.69, 9.17) is 4.74 Å². The van der Waals surface area contributed by atoms with E-state index in [1.165, 1.54) is 12.1 Å². The van der Waals surface area contributed by atoms with E-state index in [0.29, 0.717) is 5.69 Å². The van der Waals surface area contributed by atoms with Crippen LogP contribution in [0.1, 0.15) is 12.8 Å². The molecule has 4 rings (SSSR count). The van der Waals surface area contributed by atoms with E-state index in [-0.39, 0.29) is 47.4 Å². The molecule has 3 fully saturated rings. The summed E-state index contributed by atoms with van der Waals surface area (Å²) in [5.74, 6) is -0.168. The molecule has 5 nitrogen and oxygen atoms in total. The van der Waals surface area contributed by atoms with E-state index in [9.17, 15) is 14.7 Å². The number of hydrogen-bond donors (Lipinski definition) is 2. The van der Waals surface area contributed by atoms with Crippen LogP contribution < -0.4 is 5.32 Å². The maximum atomic E-state index is 12.4. The van der Waals surface area contributed by atoms with Gasteiger partial charge < -0.3 is 15.2 Å². The van der Waals surface area contributed by atoms with E-state index in [1.807, 2.05) is 0 Å². The number of carbonyl (C=O) groups excluding carboxylic acids is 2. The molecule has 5 atom stereocenters. The van der Waals surface area contributed by atoms with Crippen LogP contribution in [0.5, 0.6) is 5.75 Å². The van der Waals surface area contributed by atoms with Gasteiger partial charge in [-0.25, -0.2) is 0 Å². The highest BCUT2D eigenvalue weighted by atomic mass is 16.6. The fourth-order valence-corrected chi connectivity index (χ4v) is 4.13. The maximum Gasteiger partial charge on any atom is 0.310 e. The molecule has 2 bridgehead atoms. The molecule has 5 heteroatoms. The number of fused-ring (bicyclic) bond motifs is 1. The minimum absolute atomic E-state index is 0.0511. The molecule has 3 aliphatic rings. The fraction of sp³-hybridized carbons (Fsp3) is 0.467. The van der Waals surface area contributed by atoms with Gasteiger partial charge in [0.1, 0.15) is 11.9 Å². The van der Waals surface area contributed by atoms with Gasteiger partial charge in [-0.05, 0) is 43.0 Å². The standard InChI is InChI=1S/C15H15NO4/c17-9-3-1-8(2-4-9)16-14(18)12-7-5-10-11(6-7)20-15(19)13(10)12/h1-4,7,10-13,17H,5-6H2,(H,16,18)/t7-,10+,11+,12-,13-/m1/s1. The van der Waals surface area contributed by atoms with E-state index in [2.05, 4.69) is 5.32 Å². The summed E-state index contributed by atoms with van der Waals surface area (Å²) in [4.78, 5) is 24.3. The first-order chi connectivity index (χ1) is 9.63. The van der Waals surface area contributed by atoms with Crippen LogP contribution in [0, 0.1) is 23.7 Å². The molecule has 0 radical (unpaired) electrons. The van der Waals surface area contributed by atoms with Crippen molar-refractivity contribution in [2.75, 3.05) is 5.32 Å². The zero-order valence-electron chi connectivity index (χ0n) is 10.8. The minimum atomic E-state index is -0.264. The number of carbonyl (C=O) groups is 2. The predicted octanol–water partition coefficient (Wildman–Crippen LogP) is 1.53. The average molecular weight is 273 g/mol. The normalized spacial score (nSPS) is 37.0. The van der Waals surface area contributed by atoms with Crippen LogP contribution in [0.3, 0.4) is 0 Å². The summed E-state index contributed by atoms with van der Waals surface area (Å²) in [6.45, 7) is 0. The Morgan fingerprint density at radius 1 is 1.25 bits per heavy atom. The van der Waals surface area contributed by atoms with E-state index in [1.54, 1.807) is 12.1 Å². The number of anilines is 1. The van der Waals surface area contributed by atoms with Crippen molar-refractivity contribution in [2.45, 2.75) is 18.9 Å². The highest BCUT2D eigenvalue weighted by molar-refractivity contribution is 5.96. The van der Waals surface area contributed by atoms with Gasteiger partial charge in [-0.1, -0.05) is 0 Å². The van der Waals surface area contributed by atoms with Gasteiger partial charge in [0.05, 0.1) is 11.8 Å². The summed E-state index contributed by atoms with van der Waals surface area (Å²) in [5, 5.41) is 12.1. The zero-order valence-corrected chi connectivity index (χ0v) is 10.8. The first kappa shape index (κ1) is 11.8. The van der Waals surface area contributed by atoms with Crippen molar-refractivity contribution in [1.82, 2.24) is 0 Å². The van der Waals surface area contributed by atoms with E-state index >= 15 is 0 Å². The molecular formula is C15H15NO4. The van der Waals surface area contributed by atoms with Crippen molar-refractivity contribution >= 4 is 17.6 Å². The second kappa shape index (κ2) is 3.98. The number of amides is 1. The lowest BCUT2D eigenvalue weighted by Crippen LogP contribution is -2.35. The van der Waals surface area contributed by atoms with Crippen LogP contribution in [0.15, 0.2) is 24.3 Å². The third-order valence-corrected chi connectivity index (χ3v) is 4.92. The SMILES string of the molecule is O=C(Nc1ccc(O)cc1)[C@@H]1[C@@H]2C[C@@H]3[C@H]1C(=O)O[C@H]3C2. The Morgan fingerprint density at radius 2 is 2.00 bits per heavy atom. The molecule has 1 aromatic rings. The van der Waals surface area contributed by atoms with Gasteiger partial charge in [0.25, 0.3) is 0 Å². The van der Waals surface area contributed by atoms with Gasteiger partial charge in [0.2, 0.25) is 5.91 Å². The molecule has 104 valence electrons. The maximum absolute atomic E-state index is 12.4. The van der Waals surface area contributed by atoms with Gasteiger partial charge in [0.15, 0.2) is 0 Å². The Labute approximate surface area is 115 Å². The quantitative estimate of drug-likeness (QED) is 0.633. The van der Waals surface area contributed by atoms with Crippen molar-refractivity contribution in [3.05, 3.63) is 24.3 Å². The molecule has 20 heavy (non-hydrogen) atoms. The number of phenolic OH excluding ortho intramolecular Hbond substituents is 1. The highest BCUT2D eigenvalue weighted by Gasteiger charge is 2.63. The third kappa shape index (κ3) is 1.55. The van der Waals surface area contributed by atoms with Crippen LogP contribution >= 0.6 is 0 Å². The Kier molecular flexibility index (Phi) is 2.34. The molecular weight excluding hydrogens is 258 g/mol. The van der Waals surface area contributed by atoms with Crippen molar-refractivity contribution in [2.24, 2.45) is 23.7 Å². The number of aromatic hydroxyl groups is 1. The number of nitrogens with one attached hydrogen (secondary N) is 1. The molecule has 2 N–H and O–H groups in total. The minimum Gasteiger partial charge on any atom is -0.508 e. The summed E-state index contributed by atoms with van der Waals surface area (Å²) in [6, 6.07) is 6.35. The molecule has 0 unspecified atom stereocenters. The Hall–Kier alpha value is -2.04. The lowest BCUT2D eigenvalue weighted by atomic mass is 9.79. The summed E-state index contributed by atoms with van der Waals surface area (Å²) in [6.07, 6.45) is 1.80. The van der Waals surface area contributed by atoms with Gasteiger partial charge in [-0.15, -0.1) is 0 Å². The van der Waals surface area contributed by atoms with Crippen LogP contribution in [0.2, 0.25) is 0 Å². The summed E-state index contributed by atoms with van der Waals surface area (Å²) < 4.78 is 5.33. The topological polar surface area (TPSA) is 75.6 Å². The van der Waals surface area contributed by atoms with E-state index in [0.717, 1.165) is 12.8 Å². The van der Waals surface area contributed by atoms with Crippen LogP contribution in [-0.2, 0) is 14.3 Å². The van der Waals surface area contributed by atoms with Crippen LogP contribution in [0.25, 0.3) is 0 Å². The molecule has 0 aromatic heterocycles. The van der Waals surface area contributed by atoms with Gasteiger partial charge in [-0.2, -0.15) is 0 Å². The summed E-state index contributed by atoms with van der Waals surface area (Å²) in [7, 11) is 0. The first-order valence-electron chi connectivity index (χ1n) is 6.94.